The van der Waals surface area contributed by atoms with Gasteiger partial charge in [-0.05, 0) is 23.6 Å². The molecular formula is C18H18N2O. The average molecular weight is 278 g/mol. The van der Waals surface area contributed by atoms with E-state index in [-0.39, 0.29) is 5.91 Å². The molecule has 0 saturated carbocycles. The minimum atomic E-state index is 0.120. The van der Waals surface area contributed by atoms with Gasteiger partial charge in [-0.25, -0.2) is 0 Å². The SMILES string of the molecule is O=C1CCN2CCC(c3ccccc3)c3cccc(c32)N1. The predicted octanol–water partition coefficient (Wildman–Crippen LogP) is 3.37. The summed E-state index contributed by atoms with van der Waals surface area (Å²) in [5.41, 5.74) is 4.90. The Balaban J connectivity index is 1.85. The lowest BCUT2D eigenvalue weighted by atomic mass is 9.84. The summed E-state index contributed by atoms with van der Waals surface area (Å²) in [5.74, 6) is 0.543. The van der Waals surface area contributed by atoms with Crippen molar-refractivity contribution in [2.75, 3.05) is 23.3 Å². The van der Waals surface area contributed by atoms with Crippen LogP contribution >= 0.6 is 0 Å². The second-order valence-electron chi connectivity index (χ2n) is 5.78. The third kappa shape index (κ3) is 2.09. The Morgan fingerprint density at radius 3 is 2.71 bits per heavy atom. The monoisotopic (exact) mass is 278 g/mol. The molecule has 2 aromatic carbocycles. The van der Waals surface area contributed by atoms with Gasteiger partial charge in [0.15, 0.2) is 0 Å². The quantitative estimate of drug-likeness (QED) is 0.867. The molecule has 0 spiro atoms. The summed E-state index contributed by atoms with van der Waals surface area (Å²) in [4.78, 5) is 14.2. The summed E-state index contributed by atoms with van der Waals surface area (Å²) in [6, 6.07) is 17.0. The first kappa shape index (κ1) is 12.5. The summed E-state index contributed by atoms with van der Waals surface area (Å²) in [6.45, 7) is 1.83. The van der Waals surface area contributed by atoms with Gasteiger partial charge in [-0.15, -0.1) is 0 Å². The van der Waals surface area contributed by atoms with Crippen LogP contribution in [0.25, 0.3) is 0 Å². The van der Waals surface area contributed by atoms with Crippen molar-refractivity contribution in [3.63, 3.8) is 0 Å². The minimum absolute atomic E-state index is 0.120. The highest BCUT2D eigenvalue weighted by atomic mass is 16.1. The topological polar surface area (TPSA) is 32.3 Å². The number of hydrogen-bond acceptors (Lipinski definition) is 2. The van der Waals surface area contributed by atoms with Gasteiger partial charge in [-0.1, -0.05) is 42.5 Å². The number of benzene rings is 2. The lowest BCUT2D eigenvalue weighted by Crippen LogP contribution is -2.32. The van der Waals surface area contributed by atoms with E-state index in [1.807, 2.05) is 6.07 Å². The number of hydrogen-bond donors (Lipinski definition) is 1. The molecule has 1 atom stereocenters. The van der Waals surface area contributed by atoms with Crippen molar-refractivity contribution in [1.82, 2.24) is 0 Å². The maximum atomic E-state index is 11.9. The summed E-state index contributed by atoms with van der Waals surface area (Å²) in [7, 11) is 0. The minimum Gasteiger partial charge on any atom is -0.369 e. The Bertz CT molecular complexity index is 681. The van der Waals surface area contributed by atoms with Gasteiger partial charge in [0, 0.05) is 25.4 Å². The number of rotatable bonds is 1. The van der Waals surface area contributed by atoms with Crippen molar-refractivity contribution in [1.29, 1.82) is 0 Å². The molecule has 1 N–H and O–H groups in total. The smallest absolute Gasteiger partial charge is 0.226 e. The summed E-state index contributed by atoms with van der Waals surface area (Å²) < 4.78 is 0. The first-order valence-corrected chi connectivity index (χ1v) is 7.55. The fraction of sp³-hybridized carbons (Fsp3) is 0.278. The highest BCUT2D eigenvalue weighted by Crippen LogP contribution is 2.44. The maximum Gasteiger partial charge on any atom is 0.226 e. The van der Waals surface area contributed by atoms with Crippen LogP contribution in [-0.2, 0) is 4.79 Å². The van der Waals surface area contributed by atoms with E-state index in [9.17, 15) is 4.79 Å². The van der Waals surface area contributed by atoms with Crippen molar-refractivity contribution in [2.45, 2.75) is 18.8 Å². The highest BCUT2D eigenvalue weighted by Gasteiger charge is 2.30. The van der Waals surface area contributed by atoms with Gasteiger partial charge in [0.25, 0.3) is 0 Å². The fourth-order valence-corrected chi connectivity index (χ4v) is 3.55. The lowest BCUT2D eigenvalue weighted by molar-refractivity contribution is -0.115. The van der Waals surface area contributed by atoms with E-state index in [1.54, 1.807) is 0 Å². The molecule has 1 amide bonds. The molecule has 0 bridgehead atoms. The number of nitrogens with one attached hydrogen (secondary N) is 1. The van der Waals surface area contributed by atoms with Crippen LogP contribution < -0.4 is 10.2 Å². The standard InChI is InChI=1S/C18H18N2O/c21-17-10-12-20-11-9-14(13-5-2-1-3-6-13)15-7-4-8-16(19-17)18(15)20/h1-8,14H,9-12H2,(H,19,21). The third-order valence-electron chi connectivity index (χ3n) is 4.53. The Kier molecular flexibility index (Phi) is 2.92. The van der Waals surface area contributed by atoms with Gasteiger partial charge >= 0.3 is 0 Å². The van der Waals surface area contributed by atoms with Crippen LogP contribution in [0.3, 0.4) is 0 Å². The molecule has 106 valence electrons. The van der Waals surface area contributed by atoms with E-state index in [0.29, 0.717) is 12.3 Å². The molecular weight excluding hydrogens is 260 g/mol. The van der Waals surface area contributed by atoms with Crippen molar-refractivity contribution in [2.24, 2.45) is 0 Å². The van der Waals surface area contributed by atoms with Gasteiger partial charge in [0.1, 0.15) is 0 Å². The zero-order valence-electron chi connectivity index (χ0n) is 11.9. The number of amides is 1. The Hall–Kier alpha value is -2.29. The number of nitrogens with zero attached hydrogens (tertiary/aromatic N) is 1. The van der Waals surface area contributed by atoms with Crippen LogP contribution in [-0.4, -0.2) is 19.0 Å². The van der Waals surface area contributed by atoms with Crippen molar-refractivity contribution in [3.8, 4) is 0 Å². The molecule has 21 heavy (non-hydrogen) atoms. The fourth-order valence-electron chi connectivity index (χ4n) is 3.55. The molecule has 2 aliphatic heterocycles. The molecule has 0 radical (unpaired) electrons. The Morgan fingerprint density at radius 1 is 1.00 bits per heavy atom. The van der Waals surface area contributed by atoms with Crippen molar-refractivity contribution < 1.29 is 4.79 Å². The maximum absolute atomic E-state index is 11.9. The number of para-hydroxylation sites is 1. The van der Waals surface area contributed by atoms with E-state index >= 15 is 0 Å². The molecule has 2 aromatic rings. The summed E-state index contributed by atoms with van der Waals surface area (Å²) in [5, 5.41) is 3.05. The highest BCUT2D eigenvalue weighted by molar-refractivity contribution is 5.97. The van der Waals surface area contributed by atoms with E-state index in [1.165, 1.54) is 16.8 Å². The van der Waals surface area contributed by atoms with Crippen LogP contribution in [0, 0.1) is 0 Å². The van der Waals surface area contributed by atoms with Crippen LogP contribution in [0.15, 0.2) is 48.5 Å². The summed E-state index contributed by atoms with van der Waals surface area (Å²) >= 11 is 0. The van der Waals surface area contributed by atoms with Gasteiger partial charge in [0.2, 0.25) is 5.91 Å². The predicted molar refractivity (Wildman–Crippen MR) is 84.8 cm³/mol. The zero-order chi connectivity index (χ0) is 14.2. The Morgan fingerprint density at radius 2 is 1.86 bits per heavy atom. The lowest BCUT2D eigenvalue weighted by Gasteiger charge is -2.36. The molecule has 4 rings (SSSR count). The molecule has 0 aromatic heterocycles. The van der Waals surface area contributed by atoms with Crippen molar-refractivity contribution >= 4 is 17.3 Å². The number of carbonyl (C=O) groups is 1. The van der Waals surface area contributed by atoms with Gasteiger partial charge in [0.05, 0.1) is 11.4 Å². The second-order valence-corrected chi connectivity index (χ2v) is 5.78. The normalized spacial score (nSPS) is 20.5. The zero-order valence-corrected chi connectivity index (χ0v) is 11.9. The van der Waals surface area contributed by atoms with E-state index in [0.717, 1.165) is 25.2 Å². The first-order valence-electron chi connectivity index (χ1n) is 7.55. The average Bonchev–Trinajstić information content (AvgIpc) is 2.69. The van der Waals surface area contributed by atoms with Crippen LogP contribution in [0.2, 0.25) is 0 Å². The molecule has 1 unspecified atom stereocenters. The van der Waals surface area contributed by atoms with Crippen LogP contribution in [0.4, 0.5) is 11.4 Å². The third-order valence-corrected chi connectivity index (χ3v) is 4.53. The molecule has 2 heterocycles. The molecule has 0 fully saturated rings. The molecule has 3 nitrogen and oxygen atoms in total. The van der Waals surface area contributed by atoms with E-state index in [2.05, 4.69) is 52.7 Å². The molecule has 0 saturated heterocycles. The first-order chi connectivity index (χ1) is 10.3. The number of anilines is 2. The van der Waals surface area contributed by atoms with Crippen LogP contribution in [0.5, 0.6) is 0 Å². The Labute approximate surface area is 124 Å². The van der Waals surface area contributed by atoms with Crippen molar-refractivity contribution in [3.05, 3.63) is 59.7 Å². The largest absolute Gasteiger partial charge is 0.369 e. The van der Waals surface area contributed by atoms with Gasteiger partial charge < -0.3 is 10.2 Å². The molecule has 3 heteroatoms. The molecule has 2 aliphatic rings. The molecule has 0 aliphatic carbocycles. The van der Waals surface area contributed by atoms with E-state index in [4.69, 9.17) is 0 Å². The van der Waals surface area contributed by atoms with Gasteiger partial charge in [-0.2, -0.15) is 0 Å². The second kappa shape index (κ2) is 4.92. The summed E-state index contributed by atoms with van der Waals surface area (Å²) in [6.07, 6.45) is 1.68. The van der Waals surface area contributed by atoms with E-state index < -0.39 is 0 Å². The van der Waals surface area contributed by atoms with Crippen LogP contribution in [0.1, 0.15) is 29.9 Å². The van der Waals surface area contributed by atoms with Gasteiger partial charge in [-0.3, -0.25) is 4.79 Å². The number of carbonyl (C=O) groups excluding carboxylic acids is 1.